The fourth-order valence-electron chi connectivity index (χ4n) is 2.42. The molecule has 1 aromatic rings. The molecule has 0 aliphatic carbocycles. The van der Waals surface area contributed by atoms with Gasteiger partial charge in [-0.25, -0.2) is 13.4 Å². The highest BCUT2D eigenvalue weighted by Crippen LogP contribution is 2.23. The number of nitrogens with zero attached hydrogens (tertiary/aromatic N) is 2. The van der Waals surface area contributed by atoms with Crippen molar-refractivity contribution in [2.24, 2.45) is 0 Å². The lowest BCUT2D eigenvalue weighted by atomic mass is 10.1. The number of hydrogen-bond donors (Lipinski definition) is 0. The minimum Gasteiger partial charge on any atom is -0.458 e. The summed E-state index contributed by atoms with van der Waals surface area (Å²) < 4.78 is 34.5. The van der Waals surface area contributed by atoms with E-state index in [2.05, 4.69) is 11.1 Å². The van der Waals surface area contributed by atoms with Crippen molar-refractivity contribution in [3.05, 3.63) is 22.9 Å². The summed E-state index contributed by atoms with van der Waals surface area (Å²) in [6, 6.07) is 3.89. The lowest BCUT2D eigenvalue weighted by molar-refractivity contribution is -0.146. The Morgan fingerprint density at radius 1 is 1.41 bits per heavy atom. The molecule has 1 atom stereocenters. The average molecular weight is 415 g/mol. The minimum absolute atomic E-state index is 0.00695. The molecule has 0 saturated carbocycles. The number of aryl methyl sites for hydroxylation is 2. The molecule has 1 unspecified atom stereocenters. The zero-order chi connectivity index (χ0) is 20.4. The van der Waals surface area contributed by atoms with Gasteiger partial charge in [0, 0.05) is 12.8 Å². The van der Waals surface area contributed by atoms with E-state index in [1.54, 1.807) is 6.07 Å². The lowest BCUT2D eigenvalue weighted by Crippen LogP contribution is -2.32. The van der Waals surface area contributed by atoms with Crippen LogP contribution in [0.1, 0.15) is 36.6 Å². The summed E-state index contributed by atoms with van der Waals surface area (Å²) in [6.07, 6.45) is 0.489. The highest BCUT2D eigenvalue weighted by molar-refractivity contribution is 7.99. The van der Waals surface area contributed by atoms with Gasteiger partial charge in [0.1, 0.15) is 17.2 Å². The van der Waals surface area contributed by atoms with Crippen molar-refractivity contribution in [1.29, 1.82) is 5.26 Å². The number of carbonyl (C=O) groups is 1. The number of carbonyl (C=O) groups excluding carboxylic acids is 1. The van der Waals surface area contributed by atoms with Gasteiger partial charge in [0.05, 0.1) is 29.4 Å². The van der Waals surface area contributed by atoms with Gasteiger partial charge in [0.25, 0.3) is 0 Å². The number of esters is 1. The predicted octanol–water partition coefficient (Wildman–Crippen LogP) is 2.44. The van der Waals surface area contributed by atoms with Crippen LogP contribution in [0, 0.1) is 25.2 Å². The monoisotopic (exact) mass is 414 g/mol. The van der Waals surface area contributed by atoms with Crippen LogP contribution < -0.4 is 0 Å². The van der Waals surface area contributed by atoms with Crippen LogP contribution in [0.5, 0.6) is 0 Å². The Morgan fingerprint density at radius 3 is 2.70 bits per heavy atom. The molecule has 1 heterocycles. The van der Waals surface area contributed by atoms with Crippen molar-refractivity contribution in [3.8, 4) is 6.07 Å². The molecule has 0 N–H and O–H groups in total. The molecule has 0 radical (unpaired) electrons. The lowest BCUT2D eigenvalue weighted by Gasteiger charge is -2.17. The quantitative estimate of drug-likeness (QED) is 0.401. The average Bonchev–Trinajstić information content (AvgIpc) is 2.57. The molecule has 0 spiro atoms. The first-order chi connectivity index (χ1) is 12.7. The number of methoxy groups -OCH3 is 1. The first kappa shape index (κ1) is 23.4. The van der Waals surface area contributed by atoms with Crippen LogP contribution in [0.4, 0.5) is 0 Å². The third-order valence-corrected chi connectivity index (χ3v) is 6.39. The van der Waals surface area contributed by atoms with Gasteiger partial charge in [-0.3, -0.25) is 4.79 Å². The summed E-state index contributed by atoms with van der Waals surface area (Å²) in [5, 5.41) is 9.73. The summed E-state index contributed by atoms with van der Waals surface area (Å²) >= 11 is 1.10. The second-order valence-electron chi connectivity index (χ2n) is 6.20. The third kappa shape index (κ3) is 8.28. The molecule has 0 bridgehead atoms. The van der Waals surface area contributed by atoms with E-state index in [-0.39, 0.29) is 23.9 Å². The normalized spacial score (nSPS) is 12.4. The number of ether oxygens (including phenoxy) is 2. The van der Waals surface area contributed by atoms with Crippen LogP contribution >= 0.6 is 11.8 Å². The Hall–Kier alpha value is -1.63. The van der Waals surface area contributed by atoms with Gasteiger partial charge in [-0.2, -0.15) is 5.26 Å². The van der Waals surface area contributed by atoms with E-state index in [1.165, 1.54) is 7.11 Å². The number of rotatable bonds is 11. The fraction of sp³-hybridized carbons (Fsp3) is 0.611. The van der Waals surface area contributed by atoms with Crippen LogP contribution in [0.2, 0.25) is 0 Å². The van der Waals surface area contributed by atoms with E-state index >= 15 is 0 Å². The fourth-order valence-corrected chi connectivity index (χ4v) is 4.93. The molecule has 0 fully saturated rings. The number of thioether (sulfide) groups is 1. The Labute approximate surface area is 165 Å². The zero-order valence-electron chi connectivity index (χ0n) is 16.1. The maximum absolute atomic E-state index is 12.2. The van der Waals surface area contributed by atoms with E-state index in [4.69, 9.17) is 9.47 Å². The van der Waals surface area contributed by atoms with Gasteiger partial charge >= 0.3 is 5.97 Å². The van der Waals surface area contributed by atoms with Gasteiger partial charge in [-0.1, -0.05) is 25.1 Å². The maximum atomic E-state index is 12.2. The van der Waals surface area contributed by atoms with E-state index in [9.17, 15) is 18.5 Å². The van der Waals surface area contributed by atoms with E-state index < -0.39 is 21.9 Å². The molecule has 9 heteroatoms. The number of unbranched alkanes of at least 4 members (excludes halogenated alkanes) is 1. The van der Waals surface area contributed by atoms with E-state index in [0.29, 0.717) is 17.0 Å². The van der Waals surface area contributed by atoms with Crippen LogP contribution in [-0.2, 0) is 24.1 Å². The minimum atomic E-state index is -3.32. The highest BCUT2D eigenvalue weighted by Gasteiger charge is 2.23. The summed E-state index contributed by atoms with van der Waals surface area (Å²) in [6.45, 7) is 5.54. The van der Waals surface area contributed by atoms with Crippen molar-refractivity contribution in [1.82, 2.24) is 4.98 Å². The van der Waals surface area contributed by atoms with Gasteiger partial charge in [-0.05, 0) is 31.9 Å². The first-order valence-corrected chi connectivity index (χ1v) is 11.4. The van der Waals surface area contributed by atoms with Crippen LogP contribution in [0.25, 0.3) is 0 Å². The molecular formula is C18H26N2O5S2. The smallest absolute Gasteiger partial charge is 0.316 e. The number of nitriles is 1. The van der Waals surface area contributed by atoms with Gasteiger partial charge in [0.2, 0.25) is 0 Å². The summed E-state index contributed by atoms with van der Waals surface area (Å²) in [4.78, 5) is 16.5. The predicted molar refractivity (Wildman–Crippen MR) is 104 cm³/mol. The highest BCUT2D eigenvalue weighted by atomic mass is 32.2. The zero-order valence-corrected chi connectivity index (χ0v) is 17.8. The maximum Gasteiger partial charge on any atom is 0.316 e. The van der Waals surface area contributed by atoms with Crippen molar-refractivity contribution in [2.75, 3.05) is 31.0 Å². The Balaban J connectivity index is 2.72. The van der Waals surface area contributed by atoms with E-state index in [1.807, 2.05) is 20.8 Å². The standard InChI is InChI=1S/C18H26N2O5S2/c1-5-6-7-27(22,23)12-15(10-24-4)25-17(21)11-26-18-16(9-19)13(2)8-14(3)20-18/h8,15H,5-7,10-12H2,1-4H3. The van der Waals surface area contributed by atoms with Crippen molar-refractivity contribution in [2.45, 2.75) is 44.7 Å². The van der Waals surface area contributed by atoms with Crippen LogP contribution in [0.3, 0.4) is 0 Å². The molecular weight excluding hydrogens is 388 g/mol. The molecule has 0 aliphatic rings. The van der Waals surface area contributed by atoms with Crippen molar-refractivity contribution in [3.63, 3.8) is 0 Å². The molecule has 0 amide bonds. The molecule has 0 aromatic carbocycles. The van der Waals surface area contributed by atoms with Gasteiger partial charge in [-0.15, -0.1) is 0 Å². The topological polar surface area (TPSA) is 106 Å². The molecule has 150 valence electrons. The second kappa shape index (κ2) is 11.3. The third-order valence-electron chi connectivity index (χ3n) is 3.65. The Morgan fingerprint density at radius 2 is 2.11 bits per heavy atom. The molecule has 0 saturated heterocycles. The number of aromatic nitrogens is 1. The molecule has 7 nitrogen and oxygen atoms in total. The summed E-state index contributed by atoms with van der Waals surface area (Å²) in [5.74, 6) is -0.839. The molecule has 1 rings (SSSR count). The van der Waals surface area contributed by atoms with Crippen molar-refractivity contribution < 1.29 is 22.7 Å². The molecule has 27 heavy (non-hydrogen) atoms. The van der Waals surface area contributed by atoms with Crippen LogP contribution in [-0.4, -0.2) is 56.5 Å². The second-order valence-corrected chi connectivity index (χ2v) is 9.39. The Bertz CT molecular complexity index is 788. The summed E-state index contributed by atoms with van der Waals surface area (Å²) in [7, 11) is -1.90. The number of hydrogen-bond acceptors (Lipinski definition) is 8. The molecule has 0 aliphatic heterocycles. The summed E-state index contributed by atoms with van der Waals surface area (Å²) in [5.41, 5.74) is 1.97. The van der Waals surface area contributed by atoms with E-state index in [0.717, 1.165) is 29.4 Å². The SMILES string of the molecule is CCCCS(=O)(=O)CC(COC)OC(=O)CSc1nc(C)cc(C)c1C#N. The van der Waals surface area contributed by atoms with Gasteiger partial charge in [0.15, 0.2) is 9.84 Å². The first-order valence-electron chi connectivity index (χ1n) is 8.62. The largest absolute Gasteiger partial charge is 0.458 e. The number of sulfone groups is 1. The van der Waals surface area contributed by atoms with Crippen LogP contribution in [0.15, 0.2) is 11.1 Å². The molecule has 1 aromatic heterocycles. The van der Waals surface area contributed by atoms with Crippen molar-refractivity contribution >= 4 is 27.6 Å². The van der Waals surface area contributed by atoms with Gasteiger partial charge < -0.3 is 9.47 Å². The number of pyridine rings is 1. The Kier molecular flexibility index (Phi) is 9.77.